The molecule has 1 aliphatic heterocycles. The fourth-order valence-electron chi connectivity index (χ4n) is 3.53. The van der Waals surface area contributed by atoms with Gasteiger partial charge in [0, 0.05) is 17.1 Å². The zero-order valence-corrected chi connectivity index (χ0v) is 16.9. The van der Waals surface area contributed by atoms with Crippen molar-refractivity contribution in [1.29, 1.82) is 0 Å². The fourth-order valence-corrected chi connectivity index (χ4v) is 3.95. The summed E-state index contributed by atoms with van der Waals surface area (Å²) < 4.78 is 16.1. The van der Waals surface area contributed by atoms with Gasteiger partial charge in [0.15, 0.2) is 0 Å². The molecule has 0 radical (unpaired) electrons. The average Bonchev–Trinajstić information content (AvgIpc) is 3.23. The van der Waals surface area contributed by atoms with E-state index in [4.69, 9.17) is 23.2 Å². The second-order valence-corrected chi connectivity index (χ2v) is 7.63. The number of likely N-dealkylation sites (tertiary alicyclic amines) is 1. The summed E-state index contributed by atoms with van der Waals surface area (Å²) in [5.74, 6) is -0.548. The molecule has 1 atom stereocenters. The van der Waals surface area contributed by atoms with Crippen LogP contribution in [-0.2, 0) is 11.3 Å². The highest BCUT2D eigenvalue weighted by Crippen LogP contribution is 2.32. The molecule has 8 heteroatoms. The van der Waals surface area contributed by atoms with Crippen LogP contribution in [0.5, 0.6) is 0 Å². The van der Waals surface area contributed by atoms with Gasteiger partial charge in [-0.3, -0.25) is 14.4 Å². The van der Waals surface area contributed by atoms with Crippen LogP contribution in [-0.4, -0.2) is 40.2 Å². The summed E-state index contributed by atoms with van der Waals surface area (Å²) in [6.45, 7) is 5.69. The van der Waals surface area contributed by atoms with Gasteiger partial charge in [-0.25, -0.2) is 4.39 Å². The van der Waals surface area contributed by atoms with Crippen molar-refractivity contribution < 1.29 is 9.18 Å². The van der Waals surface area contributed by atoms with E-state index in [1.165, 1.54) is 6.07 Å². The first kappa shape index (κ1) is 20.1. The predicted molar refractivity (Wildman–Crippen MR) is 105 cm³/mol. The number of rotatable bonds is 6. The van der Waals surface area contributed by atoms with E-state index in [1.807, 2.05) is 6.92 Å². The normalized spacial score (nSPS) is 15.9. The topological polar surface area (TPSA) is 50.2 Å². The van der Waals surface area contributed by atoms with E-state index in [1.54, 1.807) is 23.7 Å². The Hall–Kier alpha value is -1.63. The van der Waals surface area contributed by atoms with Gasteiger partial charge in [-0.1, -0.05) is 29.3 Å². The number of carbonyl (C=O) groups excluding carboxylic acids is 1. The highest BCUT2D eigenvalue weighted by atomic mass is 35.5. The van der Waals surface area contributed by atoms with Crippen molar-refractivity contribution in [3.05, 3.63) is 51.0 Å². The van der Waals surface area contributed by atoms with E-state index in [-0.39, 0.29) is 30.9 Å². The van der Waals surface area contributed by atoms with Crippen molar-refractivity contribution in [2.75, 3.05) is 19.6 Å². The monoisotopic (exact) mass is 412 g/mol. The Labute approximate surface area is 168 Å². The molecule has 1 N–H and O–H groups in total. The van der Waals surface area contributed by atoms with Gasteiger partial charge in [-0.05, 0) is 51.9 Å². The molecule has 1 aliphatic rings. The third kappa shape index (κ3) is 4.45. The highest BCUT2D eigenvalue weighted by molar-refractivity contribution is 6.32. The minimum Gasteiger partial charge on any atom is -0.353 e. The van der Waals surface area contributed by atoms with Gasteiger partial charge in [-0.15, -0.1) is 0 Å². The summed E-state index contributed by atoms with van der Waals surface area (Å²) in [5.41, 5.74) is 1.88. The van der Waals surface area contributed by atoms with Crippen molar-refractivity contribution in [3.8, 4) is 0 Å². The van der Waals surface area contributed by atoms with E-state index in [0.29, 0.717) is 21.3 Å². The van der Waals surface area contributed by atoms with E-state index < -0.39 is 0 Å². The van der Waals surface area contributed by atoms with Crippen LogP contribution in [0.4, 0.5) is 4.39 Å². The number of carbonyl (C=O) groups is 1. The van der Waals surface area contributed by atoms with Crippen molar-refractivity contribution in [2.24, 2.45) is 0 Å². The molecule has 3 rings (SSSR count). The van der Waals surface area contributed by atoms with Gasteiger partial charge in [0.05, 0.1) is 22.5 Å². The SMILES string of the molecule is Cc1nn(CC(=O)NCC(c2c(F)cccc2Cl)N2CCCC2)c(C)c1Cl. The molecule has 5 nitrogen and oxygen atoms in total. The Kier molecular flexibility index (Phi) is 6.40. The summed E-state index contributed by atoms with van der Waals surface area (Å²) in [6, 6.07) is 4.38. The molecule has 1 saturated heterocycles. The van der Waals surface area contributed by atoms with Crippen molar-refractivity contribution in [3.63, 3.8) is 0 Å². The summed E-state index contributed by atoms with van der Waals surface area (Å²) in [7, 11) is 0. The van der Waals surface area contributed by atoms with Gasteiger partial charge < -0.3 is 5.32 Å². The zero-order valence-electron chi connectivity index (χ0n) is 15.4. The Bertz CT molecular complexity index is 813. The number of halogens is 3. The molecular formula is C19H23Cl2FN4O. The summed E-state index contributed by atoms with van der Waals surface area (Å²) in [5, 5.41) is 8.13. The largest absolute Gasteiger partial charge is 0.353 e. The van der Waals surface area contributed by atoms with Crippen LogP contribution in [0.25, 0.3) is 0 Å². The number of hydrogen-bond acceptors (Lipinski definition) is 3. The molecule has 0 bridgehead atoms. The lowest BCUT2D eigenvalue weighted by atomic mass is 10.0. The van der Waals surface area contributed by atoms with Crippen LogP contribution in [0.2, 0.25) is 10.0 Å². The van der Waals surface area contributed by atoms with E-state index >= 15 is 0 Å². The molecule has 1 aromatic heterocycles. The summed E-state index contributed by atoms with van der Waals surface area (Å²) in [4.78, 5) is 14.6. The standard InChI is InChI=1S/C19H23Cl2FN4O/c1-12-19(21)13(2)26(24-12)11-17(27)23-10-16(25-8-3-4-9-25)18-14(20)6-5-7-15(18)22/h5-7,16H,3-4,8-11H2,1-2H3,(H,23,27). The van der Waals surface area contributed by atoms with E-state index in [9.17, 15) is 9.18 Å². The summed E-state index contributed by atoms with van der Waals surface area (Å²) >= 11 is 12.4. The Morgan fingerprint density at radius 2 is 2.00 bits per heavy atom. The van der Waals surface area contributed by atoms with Crippen molar-refractivity contribution >= 4 is 29.1 Å². The first-order chi connectivity index (χ1) is 12.9. The van der Waals surface area contributed by atoms with E-state index in [2.05, 4.69) is 15.3 Å². The average molecular weight is 413 g/mol. The number of amides is 1. The van der Waals surface area contributed by atoms with Gasteiger partial charge in [-0.2, -0.15) is 5.10 Å². The smallest absolute Gasteiger partial charge is 0.241 e. The first-order valence-corrected chi connectivity index (χ1v) is 9.78. The molecule has 0 saturated carbocycles. The summed E-state index contributed by atoms with van der Waals surface area (Å²) in [6.07, 6.45) is 2.11. The molecule has 146 valence electrons. The zero-order chi connectivity index (χ0) is 19.6. The molecule has 2 aromatic rings. The van der Waals surface area contributed by atoms with Crippen LogP contribution < -0.4 is 5.32 Å². The maximum Gasteiger partial charge on any atom is 0.241 e. The lowest BCUT2D eigenvalue weighted by Crippen LogP contribution is -2.38. The number of hydrogen-bond donors (Lipinski definition) is 1. The number of aryl methyl sites for hydroxylation is 1. The third-order valence-corrected chi connectivity index (χ3v) is 5.87. The maximum absolute atomic E-state index is 14.5. The number of benzene rings is 1. The van der Waals surface area contributed by atoms with Crippen molar-refractivity contribution in [2.45, 2.75) is 39.3 Å². The quantitative estimate of drug-likeness (QED) is 0.782. The molecule has 1 amide bonds. The number of nitrogens with zero attached hydrogens (tertiary/aromatic N) is 3. The molecule has 2 heterocycles. The predicted octanol–water partition coefficient (Wildman–Crippen LogP) is 3.90. The highest BCUT2D eigenvalue weighted by Gasteiger charge is 2.28. The Balaban J connectivity index is 1.73. The molecule has 1 unspecified atom stereocenters. The molecule has 1 aromatic carbocycles. The lowest BCUT2D eigenvalue weighted by Gasteiger charge is -2.29. The van der Waals surface area contributed by atoms with Crippen LogP contribution in [0.3, 0.4) is 0 Å². The van der Waals surface area contributed by atoms with Crippen LogP contribution in [0.1, 0.15) is 35.8 Å². The molecule has 0 spiro atoms. The van der Waals surface area contributed by atoms with Crippen molar-refractivity contribution in [1.82, 2.24) is 20.0 Å². The van der Waals surface area contributed by atoms with E-state index in [0.717, 1.165) is 31.6 Å². The van der Waals surface area contributed by atoms with Crippen LogP contribution >= 0.6 is 23.2 Å². The van der Waals surface area contributed by atoms with Gasteiger partial charge in [0.25, 0.3) is 0 Å². The fraction of sp³-hybridized carbons (Fsp3) is 0.474. The number of aromatic nitrogens is 2. The van der Waals surface area contributed by atoms with Crippen LogP contribution in [0.15, 0.2) is 18.2 Å². The minimum atomic E-state index is -0.348. The first-order valence-electron chi connectivity index (χ1n) is 9.02. The lowest BCUT2D eigenvalue weighted by molar-refractivity contribution is -0.122. The maximum atomic E-state index is 14.5. The Morgan fingerprint density at radius 3 is 2.59 bits per heavy atom. The minimum absolute atomic E-state index is 0.0666. The Morgan fingerprint density at radius 1 is 1.30 bits per heavy atom. The molecule has 27 heavy (non-hydrogen) atoms. The van der Waals surface area contributed by atoms with Gasteiger partial charge in [0.1, 0.15) is 12.4 Å². The second-order valence-electron chi connectivity index (χ2n) is 6.84. The third-order valence-electron chi connectivity index (χ3n) is 4.99. The van der Waals surface area contributed by atoms with Crippen LogP contribution in [0, 0.1) is 19.7 Å². The molecule has 0 aliphatic carbocycles. The second kappa shape index (κ2) is 8.59. The molecule has 1 fully saturated rings. The molecular weight excluding hydrogens is 390 g/mol. The van der Waals surface area contributed by atoms with Gasteiger partial charge >= 0.3 is 0 Å². The number of nitrogens with one attached hydrogen (secondary N) is 1. The van der Waals surface area contributed by atoms with Gasteiger partial charge in [0.2, 0.25) is 5.91 Å².